The van der Waals surface area contributed by atoms with E-state index >= 15 is 0 Å². The van der Waals surface area contributed by atoms with Crippen LogP contribution in [0, 0.1) is 6.92 Å². The molecule has 1 aliphatic rings. The SMILES string of the molecule is Cc1cnc(-c2ccc3c(n2)CCCC3)s1. The smallest absolute Gasteiger partial charge is 0.142 e. The summed E-state index contributed by atoms with van der Waals surface area (Å²) in [7, 11) is 0. The van der Waals surface area contributed by atoms with Crippen LogP contribution >= 0.6 is 11.3 Å². The molecular weight excluding hydrogens is 216 g/mol. The van der Waals surface area contributed by atoms with E-state index in [0.29, 0.717) is 0 Å². The third-order valence-corrected chi connectivity index (χ3v) is 3.95. The Balaban J connectivity index is 2.02. The third-order valence-electron chi connectivity index (χ3n) is 3.02. The van der Waals surface area contributed by atoms with Gasteiger partial charge in [0.1, 0.15) is 5.01 Å². The quantitative estimate of drug-likeness (QED) is 0.750. The minimum Gasteiger partial charge on any atom is -0.250 e. The van der Waals surface area contributed by atoms with Crippen molar-refractivity contribution in [1.29, 1.82) is 0 Å². The van der Waals surface area contributed by atoms with Crippen molar-refractivity contribution in [3.05, 3.63) is 34.5 Å². The third kappa shape index (κ3) is 1.76. The normalized spacial score (nSPS) is 14.8. The van der Waals surface area contributed by atoms with E-state index in [-0.39, 0.29) is 0 Å². The Labute approximate surface area is 99.4 Å². The number of hydrogen-bond donors (Lipinski definition) is 0. The molecule has 0 saturated heterocycles. The first-order valence-corrected chi connectivity index (χ1v) is 6.56. The summed E-state index contributed by atoms with van der Waals surface area (Å²) in [6.07, 6.45) is 6.83. The van der Waals surface area contributed by atoms with Gasteiger partial charge in [-0.1, -0.05) is 6.07 Å². The second-order valence-electron chi connectivity index (χ2n) is 4.29. The van der Waals surface area contributed by atoms with Crippen molar-refractivity contribution in [2.45, 2.75) is 32.6 Å². The predicted molar refractivity (Wildman–Crippen MR) is 66.7 cm³/mol. The van der Waals surface area contributed by atoms with E-state index in [1.165, 1.54) is 35.4 Å². The Morgan fingerprint density at radius 2 is 2.06 bits per heavy atom. The molecule has 3 heteroatoms. The minimum absolute atomic E-state index is 1.04. The molecule has 0 aliphatic heterocycles. The molecule has 2 heterocycles. The summed E-state index contributed by atoms with van der Waals surface area (Å²) in [5.74, 6) is 0. The van der Waals surface area contributed by atoms with Crippen LogP contribution in [-0.2, 0) is 12.8 Å². The van der Waals surface area contributed by atoms with Gasteiger partial charge < -0.3 is 0 Å². The van der Waals surface area contributed by atoms with Gasteiger partial charge in [-0.2, -0.15) is 0 Å². The Hall–Kier alpha value is -1.22. The molecule has 82 valence electrons. The van der Waals surface area contributed by atoms with Gasteiger partial charge in [0, 0.05) is 16.8 Å². The molecule has 0 spiro atoms. The minimum atomic E-state index is 1.04. The summed E-state index contributed by atoms with van der Waals surface area (Å²) >= 11 is 1.72. The summed E-state index contributed by atoms with van der Waals surface area (Å²) in [6.45, 7) is 2.08. The molecule has 0 saturated carbocycles. The van der Waals surface area contributed by atoms with Crippen molar-refractivity contribution in [2.75, 3.05) is 0 Å². The fourth-order valence-corrected chi connectivity index (χ4v) is 2.91. The van der Waals surface area contributed by atoms with Crippen LogP contribution in [0.1, 0.15) is 29.0 Å². The molecule has 0 unspecified atom stereocenters. The molecule has 0 N–H and O–H groups in total. The van der Waals surface area contributed by atoms with Gasteiger partial charge >= 0.3 is 0 Å². The van der Waals surface area contributed by atoms with E-state index < -0.39 is 0 Å². The fourth-order valence-electron chi connectivity index (χ4n) is 2.17. The average molecular weight is 230 g/mol. The Morgan fingerprint density at radius 3 is 2.88 bits per heavy atom. The zero-order valence-corrected chi connectivity index (χ0v) is 10.2. The van der Waals surface area contributed by atoms with E-state index in [2.05, 4.69) is 24.0 Å². The van der Waals surface area contributed by atoms with Crippen molar-refractivity contribution in [1.82, 2.24) is 9.97 Å². The lowest BCUT2D eigenvalue weighted by atomic mass is 9.96. The van der Waals surface area contributed by atoms with Gasteiger partial charge in [0.15, 0.2) is 0 Å². The lowest BCUT2D eigenvalue weighted by molar-refractivity contribution is 0.668. The maximum atomic E-state index is 4.74. The molecular formula is C13H14N2S. The van der Waals surface area contributed by atoms with Crippen LogP contribution in [0.5, 0.6) is 0 Å². The van der Waals surface area contributed by atoms with E-state index in [9.17, 15) is 0 Å². The molecule has 0 aromatic carbocycles. The topological polar surface area (TPSA) is 25.8 Å². The number of nitrogens with zero attached hydrogens (tertiary/aromatic N) is 2. The monoisotopic (exact) mass is 230 g/mol. The number of aryl methyl sites for hydroxylation is 3. The average Bonchev–Trinajstić information content (AvgIpc) is 2.75. The van der Waals surface area contributed by atoms with Crippen molar-refractivity contribution < 1.29 is 0 Å². The highest BCUT2D eigenvalue weighted by molar-refractivity contribution is 7.14. The van der Waals surface area contributed by atoms with Crippen molar-refractivity contribution in [2.24, 2.45) is 0 Å². The van der Waals surface area contributed by atoms with Crippen LogP contribution < -0.4 is 0 Å². The van der Waals surface area contributed by atoms with E-state index in [1.54, 1.807) is 11.3 Å². The fraction of sp³-hybridized carbons (Fsp3) is 0.385. The second kappa shape index (κ2) is 3.98. The zero-order valence-electron chi connectivity index (χ0n) is 9.36. The number of pyridine rings is 1. The zero-order chi connectivity index (χ0) is 11.0. The molecule has 2 aromatic rings. The molecule has 0 radical (unpaired) electrons. The molecule has 16 heavy (non-hydrogen) atoms. The number of thiazole rings is 1. The van der Waals surface area contributed by atoms with Gasteiger partial charge in [0.05, 0.1) is 5.69 Å². The molecule has 0 atom stereocenters. The Kier molecular flexibility index (Phi) is 2.48. The van der Waals surface area contributed by atoms with Gasteiger partial charge in [-0.15, -0.1) is 11.3 Å². The van der Waals surface area contributed by atoms with Crippen LogP contribution in [0.15, 0.2) is 18.3 Å². The first kappa shape index (κ1) is 9.97. The number of hydrogen-bond acceptors (Lipinski definition) is 3. The van der Waals surface area contributed by atoms with Gasteiger partial charge in [-0.05, 0) is 44.2 Å². The molecule has 0 bridgehead atoms. The van der Waals surface area contributed by atoms with Crippen molar-refractivity contribution in [3.63, 3.8) is 0 Å². The molecule has 1 aliphatic carbocycles. The lowest BCUT2D eigenvalue weighted by Gasteiger charge is -2.14. The molecule has 3 rings (SSSR count). The maximum Gasteiger partial charge on any atom is 0.142 e. The molecule has 0 fully saturated rings. The highest BCUT2D eigenvalue weighted by Gasteiger charge is 2.12. The highest BCUT2D eigenvalue weighted by Crippen LogP contribution is 2.26. The maximum absolute atomic E-state index is 4.74. The number of rotatable bonds is 1. The van der Waals surface area contributed by atoms with Gasteiger partial charge in [-0.25, -0.2) is 4.98 Å². The van der Waals surface area contributed by atoms with Crippen LogP contribution in [0.2, 0.25) is 0 Å². The molecule has 2 nitrogen and oxygen atoms in total. The lowest BCUT2D eigenvalue weighted by Crippen LogP contribution is -2.05. The first-order valence-electron chi connectivity index (χ1n) is 5.74. The van der Waals surface area contributed by atoms with Crippen LogP contribution in [0.3, 0.4) is 0 Å². The molecule has 0 amide bonds. The summed E-state index contributed by atoms with van der Waals surface area (Å²) in [6, 6.07) is 4.34. The van der Waals surface area contributed by atoms with Crippen LogP contribution in [-0.4, -0.2) is 9.97 Å². The Bertz CT molecular complexity index is 516. The van der Waals surface area contributed by atoms with Gasteiger partial charge in [-0.3, -0.25) is 4.98 Å². The van der Waals surface area contributed by atoms with E-state index in [4.69, 9.17) is 4.98 Å². The van der Waals surface area contributed by atoms with Gasteiger partial charge in [0.2, 0.25) is 0 Å². The van der Waals surface area contributed by atoms with E-state index in [1.807, 2.05) is 6.20 Å². The van der Waals surface area contributed by atoms with Gasteiger partial charge in [0.25, 0.3) is 0 Å². The summed E-state index contributed by atoms with van der Waals surface area (Å²) < 4.78 is 0. The number of aromatic nitrogens is 2. The first-order chi connectivity index (χ1) is 7.83. The number of fused-ring (bicyclic) bond motifs is 1. The predicted octanol–water partition coefficient (Wildman–Crippen LogP) is 3.39. The molecule has 2 aromatic heterocycles. The summed E-state index contributed by atoms with van der Waals surface area (Å²) in [5, 5.41) is 1.05. The van der Waals surface area contributed by atoms with Crippen molar-refractivity contribution >= 4 is 11.3 Å². The summed E-state index contributed by atoms with van der Waals surface area (Å²) in [5.41, 5.74) is 3.76. The van der Waals surface area contributed by atoms with Crippen LogP contribution in [0.4, 0.5) is 0 Å². The Morgan fingerprint density at radius 1 is 1.19 bits per heavy atom. The van der Waals surface area contributed by atoms with E-state index in [0.717, 1.165) is 17.1 Å². The second-order valence-corrected chi connectivity index (χ2v) is 5.52. The highest BCUT2D eigenvalue weighted by atomic mass is 32.1. The largest absolute Gasteiger partial charge is 0.250 e. The summed E-state index contributed by atoms with van der Waals surface area (Å²) in [4.78, 5) is 10.4. The standard InChI is InChI=1S/C13H14N2S/c1-9-8-14-13(16-9)12-7-6-10-4-2-3-5-11(10)15-12/h6-8H,2-5H2,1H3. The van der Waals surface area contributed by atoms with Crippen molar-refractivity contribution in [3.8, 4) is 10.7 Å². The van der Waals surface area contributed by atoms with Crippen LogP contribution in [0.25, 0.3) is 10.7 Å².